The Kier molecular flexibility index (Phi) is 3.74. The Balaban J connectivity index is 2.26. The molecule has 0 aliphatic rings. The van der Waals surface area contributed by atoms with Gasteiger partial charge in [-0.15, -0.1) is 11.3 Å². The monoisotopic (exact) mass is 262 g/mol. The second-order valence-electron chi connectivity index (χ2n) is 3.96. The molecule has 94 valence electrons. The summed E-state index contributed by atoms with van der Waals surface area (Å²) >= 11 is 1.60. The van der Waals surface area contributed by atoms with Crippen molar-refractivity contribution < 1.29 is 9.90 Å². The number of rotatable bonds is 4. The Bertz CT molecular complexity index is 548. The first kappa shape index (κ1) is 12.7. The molecular formula is C13H14N2O2S. The van der Waals surface area contributed by atoms with Crippen molar-refractivity contribution in [2.24, 2.45) is 0 Å². The minimum absolute atomic E-state index is 0.224. The fourth-order valence-corrected chi connectivity index (χ4v) is 2.42. The van der Waals surface area contributed by atoms with Gasteiger partial charge in [0, 0.05) is 10.9 Å². The summed E-state index contributed by atoms with van der Waals surface area (Å²) in [6.07, 6.45) is 0. The van der Waals surface area contributed by atoms with E-state index in [-0.39, 0.29) is 11.6 Å². The number of hydrogen-bond donors (Lipinski definition) is 2. The van der Waals surface area contributed by atoms with Gasteiger partial charge in [-0.05, 0) is 26.1 Å². The van der Waals surface area contributed by atoms with Gasteiger partial charge in [-0.2, -0.15) is 0 Å². The number of aromatic carboxylic acids is 1. The van der Waals surface area contributed by atoms with Crippen LogP contribution in [0.1, 0.15) is 28.3 Å². The molecule has 1 heterocycles. The SMILES string of the molecule is CN[C@@H](C)c1nc(-c2ccc(C(=O)O)cc2)cs1. The number of carbonyl (C=O) groups is 1. The molecule has 0 saturated carbocycles. The number of hydrogen-bond acceptors (Lipinski definition) is 4. The van der Waals surface area contributed by atoms with E-state index < -0.39 is 5.97 Å². The van der Waals surface area contributed by atoms with Crippen LogP contribution >= 0.6 is 11.3 Å². The summed E-state index contributed by atoms with van der Waals surface area (Å²) < 4.78 is 0. The fraction of sp³-hybridized carbons (Fsp3) is 0.231. The molecule has 0 spiro atoms. The van der Waals surface area contributed by atoms with Crippen LogP contribution in [0.2, 0.25) is 0 Å². The molecule has 0 unspecified atom stereocenters. The van der Waals surface area contributed by atoms with Gasteiger partial charge in [-0.3, -0.25) is 0 Å². The fourth-order valence-electron chi connectivity index (χ4n) is 1.53. The molecule has 18 heavy (non-hydrogen) atoms. The van der Waals surface area contributed by atoms with E-state index in [4.69, 9.17) is 5.11 Å². The lowest BCUT2D eigenvalue weighted by molar-refractivity contribution is 0.0697. The van der Waals surface area contributed by atoms with Crippen LogP contribution in [0.25, 0.3) is 11.3 Å². The third-order valence-corrected chi connectivity index (χ3v) is 3.78. The predicted octanol–water partition coefficient (Wildman–Crippen LogP) is 2.79. The number of carboxylic acids is 1. The van der Waals surface area contributed by atoms with Crippen LogP contribution in [0.3, 0.4) is 0 Å². The van der Waals surface area contributed by atoms with Crippen LogP contribution in [0.15, 0.2) is 29.6 Å². The molecule has 1 atom stereocenters. The van der Waals surface area contributed by atoms with Crippen LogP contribution in [-0.2, 0) is 0 Å². The molecule has 0 saturated heterocycles. The van der Waals surface area contributed by atoms with Gasteiger partial charge in [0.15, 0.2) is 0 Å². The van der Waals surface area contributed by atoms with Gasteiger partial charge < -0.3 is 10.4 Å². The van der Waals surface area contributed by atoms with E-state index in [1.807, 2.05) is 12.4 Å². The standard InChI is InChI=1S/C13H14N2O2S/c1-8(14-2)12-15-11(7-18-12)9-3-5-10(6-4-9)13(16)17/h3-8,14H,1-2H3,(H,16,17)/t8-/m0/s1. The van der Waals surface area contributed by atoms with E-state index in [2.05, 4.69) is 17.2 Å². The number of nitrogens with zero attached hydrogens (tertiary/aromatic N) is 1. The summed E-state index contributed by atoms with van der Waals surface area (Å²) in [4.78, 5) is 15.3. The number of thiazole rings is 1. The maximum Gasteiger partial charge on any atom is 0.335 e. The Morgan fingerprint density at radius 3 is 2.61 bits per heavy atom. The van der Waals surface area contributed by atoms with E-state index in [1.54, 1.807) is 35.6 Å². The van der Waals surface area contributed by atoms with Gasteiger partial charge in [0.1, 0.15) is 5.01 Å². The minimum atomic E-state index is -0.913. The van der Waals surface area contributed by atoms with E-state index >= 15 is 0 Å². The molecule has 5 heteroatoms. The second kappa shape index (κ2) is 5.29. The average molecular weight is 262 g/mol. The minimum Gasteiger partial charge on any atom is -0.478 e. The molecule has 0 aliphatic carbocycles. The summed E-state index contributed by atoms with van der Waals surface area (Å²) in [7, 11) is 1.90. The van der Waals surface area contributed by atoms with Crippen LogP contribution in [0.4, 0.5) is 0 Å². The van der Waals surface area contributed by atoms with Crippen molar-refractivity contribution in [1.82, 2.24) is 10.3 Å². The molecule has 1 aromatic heterocycles. The lowest BCUT2D eigenvalue weighted by Crippen LogP contribution is -2.11. The summed E-state index contributed by atoms with van der Waals surface area (Å²) in [5.41, 5.74) is 2.11. The molecule has 4 nitrogen and oxygen atoms in total. The van der Waals surface area contributed by atoms with Gasteiger partial charge >= 0.3 is 5.97 Å². The topological polar surface area (TPSA) is 62.2 Å². The molecule has 0 amide bonds. The van der Waals surface area contributed by atoms with Gasteiger partial charge in [0.25, 0.3) is 0 Å². The first-order valence-electron chi connectivity index (χ1n) is 5.58. The van der Waals surface area contributed by atoms with Crippen LogP contribution in [-0.4, -0.2) is 23.1 Å². The second-order valence-corrected chi connectivity index (χ2v) is 4.85. The molecule has 1 aromatic carbocycles. The molecule has 0 radical (unpaired) electrons. The Labute approximate surface area is 109 Å². The lowest BCUT2D eigenvalue weighted by atomic mass is 10.1. The van der Waals surface area contributed by atoms with Gasteiger partial charge in [-0.1, -0.05) is 12.1 Å². The quantitative estimate of drug-likeness (QED) is 0.889. The summed E-state index contributed by atoms with van der Waals surface area (Å²) in [5.74, 6) is -0.913. The molecule has 2 N–H and O–H groups in total. The van der Waals surface area contributed by atoms with Crippen molar-refractivity contribution in [2.45, 2.75) is 13.0 Å². The highest BCUT2D eigenvalue weighted by Crippen LogP contribution is 2.25. The number of benzene rings is 1. The van der Waals surface area contributed by atoms with Crippen molar-refractivity contribution >= 4 is 17.3 Å². The van der Waals surface area contributed by atoms with Crippen molar-refractivity contribution in [3.8, 4) is 11.3 Å². The van der Waals surface area contributed by atoms with Gasteiger partial charge in [-0.25, -0.2) is 9.78 Å². The predicted molar refractivity (Wildman–Crippen MR) is 72.0 cm³/mol. The number of nitrogens with one attached hydrogen (secondary N) is 1. The molecule has 2 rings (SSSR count). The highest BCUT2D eigenvalue weighted by molar-refractivity contribution is 7.10. The van der Waals surface area contributed by atoms with Crippen molar-refractivity contribution in [3.63, 3.8) is 0 Å². The highest BCUT2D eigenvalue weighted by atomic mass is 32.1. The third kappa shape index (κ3) is 2.57. The lowest BCUT2D eigenvalue weighted by Gasteiger charge is -2.04. The normalized spacial score (nSPS) is 12.3. The van der Waals surface area contributed by atoms with E-state index in [9.17, 15) is 4.79 Å². The van der Waals surface area contributed by atoms with E-state index in [0.29, 0.717) is 0 Å². The smallest absolute Gasteiger partial charge is 0.335 e. The maximum absolute atomic E-state index is 10.8. The van der Waals surface area contributed by atoms with Crippen molar-refractivity contribution in [2.75, 3.05) is 7.05 Å². The summed E-state index contributed by atoms with van der Waals surface area (Å²) in [6.45, 7) is 2.05. The zero-order valence-corrected chi connectivity index (χ0v) is 11.0. The average Bonchev–Trinajstić information content (AvgIpc) is 2.87. The van der Waals surface area contributed by atoms with E-state index in [1.165, 1.54) is 0 Å². The van der Waals surface area contributed by atoms with E-state index in [0.717, 1.165) is 16.3 Å². The van der Waals surface area contributed by atoms with Crippen LogP contribution < -0.4 is 5.32 Å². The van der Waals surface area contributed by atoms with Gasteiger partial charge in [0.2, 0.25) is 0 Å². The molecule has 2 aromatic rings. The van der Waals surface area contributed by atoms with Crippen molar-refractivity contribution in [3.05, 3.63) is 40.2 Å². The highest BCUT2D eigenvalue weighted by Gasteiger charge is 2.10. The molecular weight excluding hydrogens is 248 g/mol. The van der Waals surface area contributed by atoms with Crippen LogP contribution in [0.5, 0.6) is 0 Å². The summed E-state index contributed by atoms with van der Waals surface area (Å²) in [6, 6.07) is 6.98. The summed E-state index contributed by atoms with van der Waals surface area (Å²) in [5, 5.41) is 15.0. The number of aromatic nitrogens is 1. The zero-order chi connectivity index (χ0) is 13.1. The Morgan fingerprint density at radius 2 is 2.06 bits per heavy atom. The van der Waals surface area contributed by atoms with Crippen molar-refractivity contribution in [1.29, 1.82) is 0 Å². The first-order chi connectivity index (χ1) is 8.61. The largest absolute Gasteiger partial charge is 0.478 e. The Hall–Kier alpha value is -1.72. The van der Waals surface area contributed by atoms with Crippen LogP contribution in [0, 0.1) is 0 Å². The third-order valence-electron chi connectivity index (χ3n) is 2.75. The zero-order valence-electron chi connectivity index (χ0n) is 10.2. The molecule has 0 fully saturated rings. The van der Waals surface area contributed by atoms with Gasteiger partial charge in [0.05, 0.1) is 17.3 Å². The Morgan fingerprint density at radius 1 is 1.39 bits per heavy atom. The first-order valence-corrected chi connectivity index (χ1v) is 6.46. The molecule has 0 aliphatic heterocycles. The number of carboxylic acid groups (broad SMARTS) is 1. The molecule has 0 bridgehead atoms. The maximum atomic E-state index is 10.8.